The number of carbonyl (C=O) groups is 2. The van der Waals surface area contributed by atoms with Crippen molar-refractivity contribution in [3.05, 3.63) is 64.7 Å². The van der Waals surface area contributed by atoms with E-state index < -0.39 is 5.82 Å². The molecular weight excluding hydrogens is 459 g/mol. The van der Waals surface area contributed by atoms with Crippen molar-refractivity contribution in [2.45, 2.75) is 38.0 Å². The summed E-state index contributed by atoms with van der Waals surface area (Å²) < 4.78 is 16.5. The number of nitrogens with one attached hydrogen (secondary N) is 2. The lowest BCUT2D eigenvalue weighted by atomic mass is 10.2. The summed E-state index contributed by atoms with van der Waals surface area (Å²) in [6.45, 7) is 3.87. The first-order valence-corrected chi connectivity index (χ1v) is 11.7. The van der Waals surface area contributed by atoms with Gasteiger partial charge in [-0.2, -0.15) is 0 Å². The molecule has 0 fully saturated rings. The van der Waals surface area contributed by atoms with Crippen molar-refractivity contribution in [3.63, 3.8) is 0 Å². The second-order valence-electron chi connectivity index (χ2n) is 7.91. The molecule has 2 N–H and O–H groups in total. The molecule has 0 aliphatic carbocycles. The van der Waals surface area contributed by atoms with Crippen LogP contribution >= 0.6 is 11.8 Å². The van der Waals surface area contributed by atoms with Crippen LogP contribution in [0, 0.1) is 5.82 Å². The first-order valence-electron chi connectivity index (χ1n) is 10.7. The normalized spacial score (nSPS) is 11.3. The highest BCUT2D eigenvalue weighted by atomic mass is 32.2. The van der Waals surface area contributed by atoms with E-state index in [1.165, 1.54) is 22.8 Å². The molecule has 2 heterocycles. The molecule has 34 heavy (non-hydrogen) atoms. The summed E-state index contributed by atoms with van der Waals surface area (Å²) >= 11 is 1.14. The molecule has 0 atom stereocenters. The number of hydrogen-bond donors (Lipinski definition) is 2. The van der Waals surface area contributed by atoms with E-state index in [4.69, 9.17) is 0 Å². The van der Waals surface area contributed by atoms with Crippen LogP contribution < -0.4 is 16.2 Å². The fraction of sp³-hybridized carbons (Fsp3) is 0.261. The molecule has 0 bridgehead atoms. The van der Waals surface area contributed by atoms with Gasteiger partial charge in [-0.15, -0.1) is 10.2 Å². The number of aryl methyl sites for hydroxylation is 1. The molecule has 0 aliphatic heterocycles. The third kappa shape index (κ3) is 5.09. The van der Waals surface area contributed by atoms with Crippen LogP contribution in [0.25, 0.3) is 16.7 Å². The standard InChI is InChI=1S/C23H23FN6O3S/c1-14(2)25-19(31)10-11-29-21(33)17-8-3-4-9-18(17)30-22(29)27-28-23(30)34-13-20(32)26-16-7-5-6-15(24)12-16/h3-9,12,14H,10-11,13H2,1-2H3,(H,25,31)(H,26,32). The van der Waals surface area contributed by atoms with Crippen molar-refractivity contribution in [2.75, 3.05) is 11.1 Å². The number of aromatic nitrogens is 4. The molecule has 4 rings (SSSR count). The highest BCUT2D eigenvalue weighted by molar-refractivity contribution is 7.99. The molecule has 2 aromatic heterocycles. The van der Waals surface area contributed by atoms with Gasteiger partial charge in [0.2, 0.25) is 17.6 Å². The third-order valence-corrected chi connectivity index (χ3v) is 5.86. The molecule has 0 saturated heterocycles. The van der Waals surface area contributed by atoms with E-state index in [1.807, 2.05) is 13.8 Å². The number of nitrogens with zero attached hydrogens (tertiary/aromatic N) is 4. The Morgan fingerprint density at radius 1 is 1.09 bits per heavy atom. The first-order chi connectivity index (χ1) is 16.3. The van der Waals surface area contributed by atoms with Gasteiger partial charge in [0.1, 0.15) is 5.82 Å². The Hall–Kier alpha value is -3.73. The Kier molecular flexibility index (Phi) is 6.92. The molecule has 0 saturated carbocycles. The van der Waals surface area contributed by atoms with E-state index in [0.717, 1.165) is 11.8 Å². The fourth-order valence-electron chi connectivity index (χ4n) is 3.53. The van der Waals surface area contributed by atoms with Crippen molar-refractivity contribution in [1.29, 1.82) is 0 Å². The van der Waals surface area contributed by atoms with Gasteiger partial charge in [-0.05, 0) is 44.2 Å². The summed E-state index contributed by atoms with van der Waals surface area (Å²) in [5.74, 6) is -0.664. The molecule has 2 aromatic carbocycles. The van der Waals surface area contributed by atoms with Crippen LogP contribution in [-0.4, -0.2) is 42.8 Å². The molecule has 0 spiro atoms. The predicted molar refractivity (Wildman–Crippen MR) is 128 cm³/mol. The van der Waals surface area contributed by atoms with E-state index in [9.17, 15) is 18.8 Å². The van der Waals surface area contributed by atoms with Crippen LogP contribution in [-0.2, 0) is 16.1 Å². The lowest BCUT2D eigenvalue weighted by Gasteiger charge is -2.12. The van der Waals surface area contributed by atoms with Crippen molar-refractivity contribution >= 4 is 45.9 Å². The number of rotatable bonds is 8. The number of thioether (sulfide) groups is 1. The minimum atomic E-state index is -0.444. The monoisotopic (exact) mass is 482 g/mol. The number of para-hydroxylation sites is 1. The van der Waals surface area contributed by atoms with Crippen LogP contribution in [0.3, 0.4) is 0 Å². The maximum Gasteiger partial charge on any atom is 0.262 e. The number of anilines is 1. The maximum atomic E-state index is 13.4. The summed E-state index contributed by atoms with van der Waals surface area (Å²) in [5, 5.41) is 14.7. The summed E-state index contributed by atoms with van der Waals surface area (Å²) in [7, 11) is 0. The molecule has 0 aliphatic rings. The van der Waals surface area contributed by atoms with E-state index in [-0.39, 0.29) is 47.9 Å². The van der Waals surface area contributed by atoms with Crippen molar-refractivity contribution in [3.8, 4) is 0 Å². The molecule has 4 aromatic rings. The Morgan fingerprint density at radius 2 is 1.88 bits per heavy atom. The highest BCUT2D eigenvalue weighted by Crippen LogP contribution is 2.22. The average Bonchev–Trinajstić information content (AvgIpc) is 3.21. The number of amides is 2. The van der Waals surface area contributed by atoms with Crippen molar-refractivity contribution < 1.29 is 14.0 Å². The zero-order valence-electron chi connectivity index (χ0n) is 18.6. The molecule has 2 amide bonds. The summed E-state index contributed by atoms with van der Waals surface area (Å²) in [6, 6.07) is 12.7. The topological polar surface area (TPSA) is 110 Å². The van der Waals surface area contributed by atoms with Gasteiger partial charge >= 0.3 is 0 Å². The van der Waals surface area contributed by atoms with Gasteiger partial charge in [0.25, 0.3) is 5.56 Å². The lowest BCUT2D eigenvalue weighted by molar-refractivity contribution is -0.121. The van der Waals surface area contributed by atoms with Gasteiger partial charge in [-0.3, -0.25) is 23.4 Å². The largest absolute Gasteiger partial charge is 0.354 e. The smallest absolute Gasteiger partial charge is 0.262 e. The second-order valence-corrected chi connectivity index (χ2v) is 8.85. The van der Waals surface area contributed by atoms with Crippen LogP contribution in [0.5, 0.6) is 0 Å². The third-order valence-electron chi connectivity index (χ3n) is 4.93. The first kappa shape index (κ1) is 23.4. The average molecular weight is 483 g/mol. The van der Waals surface area contributed by atoms with Crippen LogP contribution in [0.2, 0.25) is 0 Å². The number of hydrogen-bond acceptors (Lipinski definition) is 6. The number of halogens is 1. The summed E-state index contributed by atoms with van der Waals surface area (Å²) in [6.07, 6.45) is 0.109. The Bertz CT molecular complexity index is 1430. The quantitative estimate of drug-likeness (QED) is 0.374. The van der Waals surface area contributed by atoms with Gasteiger partial charge in [-0.25, -0.2) is 4.39 Å². The van der Waals surface area contributed by atoms with Gasteiger partial charge in [0, 0.05) is 24.7 Å². The SMILES string of the molecule is CC(C)NC(=O)CCn1c(=O)c2ccccc2n2c(SCC(=O)Nc3cccc(F)c3)nnc12. The Morgan fingerprint density at radius 3 is 2.65 bits per heavy atom. The molecule has 176 valence electrons. The summed E-state index contributed by atoms with van der Waals surface area (Å²) in [5.41, 5.74) is 0.687. The van der Waals surface area contributed by atoms with Crippen LogP contribution in [0.15, 0.2) is 58.5 Å². The minimum absolute atomic E-state index is 0.00154. The number of benzene rings is 2. The van der Waals surface area contributed by atoms with E-state index in [2.05, 4.69) is 20.8 Å². The van der Waals surface area contributed by atoms with Gasteiger partial charge in [0.15, 0.2) is 5.16 Å². The number of fused-ring (bicyclic) bond motifs is 3. The van der Waals surface area contributed by atoms with Gasteiger partial charge in [-0.1, -0.05) is 30.0 Å². The fourth-order valence-corrected chi connectivity index (χ4v) is 4.27. The zero-order valence-corrected chi connectivity index (χ0v) is 19.4. The predicted octanol–water partition coefficient (Wildman–Crippen LogP) is 2.83. The van der Waals surface area contributed by atoms with E-state index in [0.29, 0.717) is 21.7 Å². The molecule has 9 nitrogen and oxygen atoms in total. The zero-order chi connectivity index (χ0) is 24.2. The molecule has 0 radical (unpaired) electrons. The van der Waals surface area contributed by atoms with E-state index >= 15 is 0 Å². The Labute approximate surface area is 198 Å². The molecule has 11 heteroatoms. The van der Waals surface area contributed by atoms with Crippen molar-refractivity contribution in [2.24, 2.45) is 0 Å². The Balaban J connectivity index is 1.62. The minimum Gasteiger partial charge on any atom is -0.354 e. The maximum absolute atomic E-state index is 13.4. The van der Waals surface area contributed by atoms with Gasteiger partial charge in [0.05, 0.1) is 16.7 Å². The van der Waals surface area contributed by atoms with E-state index in [1.54, 1.807) is 34.7 Å². The van der Waals surface area contributed by atoms with Crippen LogP contribution in [0.1, 0.15) is 20.3 Å². The van der Waals surface area contributed by atoms with Crippen molar-refractivity contribution in [1.82, 2.24) is 24.5 Å². The van der Waals surface area contributed by atoms with Crippen LogP contribution in [0.4, 0.5) is 10.1 Å². The van der Waals surface area contributed by atoms with Gasteiger partial charge < -0.3 is 10.6 Å². The highest BCUT2D eigenvalue weighted by Gasteiger charge is 2.18. The summed E-state index contributed by atoms with van der Waals surface area (Å²) in [4.78, 5) is 37.7. The second kappa shape index (κ2) is 10.0. The molecular formula is C23H23FN6O3S. The lowest BCUT2D eigenvalue weighted by Crippen LogP contribution is -2.32. The number of carbonyl (C=O) groups excluding carboxylic acids is 2. The molecule has 0 unspecified atom stereocenters.